The molecule has 7 nitrogen and oxygen atoms in total. The van der Waals surface area contributed by atoms with E-state index < -0.39 is 17.8 Å². The van der Waals surface area contributed by atoms with Crippen molar-refractivity contribution in [2.24, 2.45) is 4.99 Å². The minimum Gasteiger partial charge on any atom is -0.463 e. The minimum atomic E-state index is -0.757. The Morgan fingerprint density at radius 2 is 1.97 bits per heavy atom. The molecule has 1 atom stereocenters. The molecule has 0 saturated heterocycles. The maximum Gasteiger partial charge on any atom is 0.338 e. The summed E-state index contributed by atoms with van der Waals surface area (Å²) >= 11 is 1.25. The summed E-state index contributed by atoms with van der Waals surface area (Å²) in [5.41, 5.74) is 2.73. The predicted molar refractivity (Wildman–Crippen MR) is 119 cm³/mol. The zero-order valence-corrected chi connectivity index (χ0v) is 19.1. The molecule has 1 aromatic carbocycles. The van der Waals surface area contributed by atoms with Crippen molar-refractivity contribution in [3.8, 4) is 0 Å². The van der Waals surface area contributed by atoms with E-state index >= 15 is 0 Å². The average molecular weight is 455 g/mol. The molecule has 9 heteroatoms. The topological polar surface area (TPSA) is 78.5 Å². The standard InChI is InChI=1S/C23H23FN4O3S/c1-5-27-12-16(13(3)26-27)11-18-21(29)28-20(15-7-9-17(24)10-8-15)19(22(30)31-6-2)14(4)25-23(28)32-18/h7-12,20H,5-6H2,1-4H3/b18-11+. The largest absolute Gasteiger partial charge is 0.463 e. The summed E-state index contributed by atoms with van der Waals surface area (Å²) in [6.45, 7) is 8.23. The average Bonchev–Trinajstić information content (AvgIpc) is 3.27. The molecule has 0 saturated carbocycles. The molecule has 0 fully saturated rings. The highest BCUT2D eigenvalue weighted by Crippen LogP contribution is 2.30. The summed E-state index contributed by atoms with van der Waals surface area (Å²) in [6.07, 6.45) is 3.68. The van der Waals surface area contributed by atoms with Crippen molar-refractivity contribution < 1.29 is 13.9 Å². The van der Waals surface area contributed by atoms with E-state index in [-0.39, 0.29) is 17.7 Å². The molecule has 0 bridgehead atoms. The fourth-order valence-electron chi connectivity index (χ4n) is 3.73. The van der Waals surface area contributed by atoms with Gasteiger partial charge in [-0.3, -0.25) is 14.0 Å². The molecule has 0 N–H and O–H groups in total. The highest BCUT2D eigenvalue weighted by molar-refractivity contribution is 7.07. The molecular weight excluding hydrogens is 431 g/mol. The maximum atomic E-state index is 13.6. The molecule has 0 aliphatic carbocycles. The number of thiazole rings is 1. The van der Waals surface area contributed by atoms with Gasteiger partial charge in [0.25, 0.3) is 5.56 Å². The number of ether oxygens (including phenoxy) is 1. The van der Waals surface area contributed by atoms with Gasteiger partial charge in [-0.1, -0.05) is 23.5 Å². The van der Waals surface area contributed by atoms with E-state index in [0.717, 1.165) is 17.8 Å². The van der Waals surface area contributed by atoms with Crippen LogP contribution in [0, 0.1) is 12.7 Å². The number of fused-ring (bicyclic) bond motifs is 1. The van der Waals surface area contributed by atoms with Gasteiger partial charge in [-0.25, -0.2) is 14.2 Å². The Bertz CT molecular complexity index is 1400. The van der Waals surface area contributed by atoms with E-state index in [1.54, 1.807) is 32.1 Å². The third-order valence-electron chi connectivity index (χ3n) is 5.30. The Morgan fingerprint density at radius 3 is 2.59 bits per heavy atom. The molecule has 4 rings (SSSR count). The summed E-state index contributed by atoms with van der Waals surface area (Å²) in [5.74, 6) is -0.944. The second kappa shape index (κ2) is 8.66. The lowest BCUT2D eigenvalue weighted by Crippen LogP contribution is -2.39. The van der Waals surface area contributed by atoms with E-state index in [0.29, 0.717) is 20.6 Å². The van der Waals surface area contributed by atoms with E-state index in [1.807, 2.05) is 24.7 Å². The van der Waals surface area contributed by atoms with Crippen molar-refractivity contribution in [1.82, 2.24) is 14.3 Å². The second-order valence-electron chi connectivity index (χ2n) is 7.38. The first-order valence-corrected chi connectivity index (χ1v) is 11.1. The molecule has 0 spiro atoms. The van der Waals surface area contributed by atoms with Crippen LogP contribution in [-0.4, -0.2) is 26.9 Å². The number of hydrogen-bond acceptors (Lipinski definition) is 6. The van der Waals surface area contributed by atoms with Crippen LogP contribution in [0.1, 0.15) is 43.6 Å². The lowest BCUT2D eigenvalue weighted by atomic mass is 9.96. The molecule has 1 aliphatic rings. The minimum absolute atomic E-state index is 0.191. The zero-order valence-electron chi connectivity index (χ0n) is 18.3. The van der Waals surface area contributed by atoms with Gasteiger partial charge in [0.15, 0.2) is 4.80 Å². The van der Waals surface area contributed by atoms with Gasteiger partial charge in [0.1, 0.15) is 5.82 Å². The highest BCUT2D eigenvalue weighted by Gasteiger charge is 2.33. The van der Waals surface area contributed by atoms with Gasteiger partial charge < -0.3 is 4.74 Å². The normalized spacial score (nSPS) is 16.2. The Morgan fingerprint density at radius 1 is 1.25 bits per heavy atom. The summed E-state index contributed by atoms with van der Waals surface area (Å²) in [4.78, 5) is 31.3. The van der Waals surface area contributed by atoms with E-state index in [1.165, 1.54) is 28.0 Å². The van der Waals surface area contributed by atoms with Crippen molar-refractivity contribution >= 4 is 23.4 Å². The van der Waals surface area contributed by atoms with Crippen LogP contribution in [-0.2, 0) is 16.1 Å². The number of allylic oxidation sites excluding steroid dienone is 1. The van der Waals surface area contributed by atoms with Gasteiger partial charge in [-0.2, -0.15) is 5.10 Å². The van der Waals surface area contributed by atoms with E-state index in [4.69, 9.17) is 4.74 Å². The third-order valence-corrected chi connectivity index (χ3v) is 6.28. The second-order valence-corrected chi connectivity index (χ2v) is 8.39. The quantitative estimate of drug-likeness (QED) is 0.555. The first kappa shape index (κ1) is 21.9. The number of carbonyl (C=O) groups excluding carboxylic acids is 1. The molecule has 166 valence electrons. The van der Waals surface area contributed by atoms with Gasteiger partial charge in [0.2, 0.25) is 0 Å². The molecular formula is C23H23FN4O3S. The number of aryl methyl sites for hydroxylation is 2. The number of rotatable bonds is 5. The summed E-state index contributed by atoms with van der Waals surface area (Å²) in [5, 5.41) is 4.43. The predicted octanol–water partition coefficient (Wildman–Crippen LogP) is 2.46. The van der Waals surface area contributed by atoms with Crippen LogP contribution in [0.15, 0.2) is 51.5 Å². The van der Waals surface area contributed by atoms with Crippen LogP contribution >= 0.6 is 11.3 Å². The van der Waals surface area contributed by atoms with E-state index in [2.05, 4.69) is 10.1 Å². The molecule has 0 radical (unpaired) electrons. The van der Waals surface area contributed by atoms with Crippen LogP contribution in [0.25, 0.3) is 6.08 Å². The Hall–Kier alpha value is -3.33. The first-order valence-electron chi connectivity index (χ1n) is 10.3. The van der Waals surface area contributed by atoms with E-state index in [9.17, 15) is 14.0 Å². The maximum absolute atomic E-state index is 13.6. The Labute approximate surface area is 187 Å². The fourth-order valence-corrected chi connectivity index (χ4v) is 4.77. The SMILES string of the molecule is CCOC(=O)C1=C(C)N=c2s/c(=C/c3cn(CC)nc3C)c(=O)n2C1c1ccc(F)cc1. The Balaban J connectivity index is 1.95. The highest BCUT2D eigenvalue weighted by atomic mass is 32.1. The van der Waals surface area contributed by atoms with Crippen LogP contribution in [0.3, 0.4) is 0 Å². The fraction of sp³-hybridized carbons (Fsp3) is 0.304. The third kappa shape index (κ3) is 3.84. The summed E-state index contributed by atoms with van der Waals surface area (Å²) in [6, 6.07) is 5.01. The molecule has 1 unspecified atom stereocenters. The molecule has 32 heavy (non-hydrogen) atoms. The number of aromatic nitrogens is 3. The number of benzene rings is 1. The van der Waals surface area contributed by atoms with Crippen LogP contribution in [0.4, 0.5) is 4.39 Å². The summed E-state index contributed by atoms with van der Waals surface area (Å²) < 4.78 is 22.6. The first-order chi connectivity index (χ1) is 15.3. The smallest absolute Gasteiger partial charge is 0.338 e. The molecule has 0 amide bonds. The van der Waals surface area contributed by atoms with Crippen molar-refractivity contribution in [2.75, 3.05) is 6.61 Å². The van der Waals surface area contributed by atoms with Crippen LogP contribution < -0.4 is 14.9 Å². The monoisotopic (exact) mass is 454 g/mol. The number of esters is 1. The lowest BCUT2D eigenvalue weighted by Gasteiger charge is -2.24. The molecule has 3 heterocycles. The van der Waals surface area contributed by atoms with Crippen molar-refractivity contribution in [2.45, 2.75) is 40.3 Å². The molecule has 2 aromatic heterocycles. The van der Waals surface area contributed by atoms with Crippen LogP contribution in [0.2, 0.25) is 0 Å². The van der Waals surface area contributed by atoms with Crippen molar-refractivity contribution in [3.63, 3.8) is 0 Å². The van der Waals surface area contributed by atoms with Crippen molar-refractivity contribution in [3.05, 3.63) is 84.1 Å². The lowest BCUT2D eigenvalue weighted by molar-refractivity contribution is -0.139. The van der Waals surface area contributed by atoms with Gasteiger partial charge >= 0.3 is 5.97 Å². The Kier molecular flexibility index (Phi) is 5.92. The van der Waals surface area contributed by atoms with Gasteiger partial charge in [-0.15, -0.1) is 0 Å². The zero-order chi connectivity index (χ0) is 23.0. The van der Waals surface area contributed by atoms with Gasteiger partial charge in [0.05, 0.1) is 34.1 Å². The number of hydrogen-bond donors (Lipinski definition) is 0. The van der Waals surface area contributed by atoms with Crippen molar-refractivity contribution in [1.29, 1.82) is 0 Å². The van der Waals surface area contributed by atoms with Crippen LogP contribution in [0.5, 0.6) is 0 Å². The molecule has 1 aliphatic heterocycles. The molecule has 3 aromatic rings. The number of nitrogens with zero attached hydrogens (tertiary/aromatic N) is 4. The summed E-state index contributed by atoms with van der Waals surface area (Å²) in [7, 11) is 0. The van der Waals surface area contributed by atoms with Gasteiger partial charge in [0, 0.05) is 18.3 Å². The number of halogens is 1. The van der Waals surface area contributed by atoms with Gasteiger partial charge in [-0.05, 0) is 51.5 Å². The number of carbonyl (C=O) groups is 1.